The third kappa shape index (κ3) is 1.78. The molecule has 72 valence electrons. The zero-order valence-corrected chi connectivity index (χ0v) is 7.99. The Balaban J connectivity index is 1.99. The van der Waals surface area contributed by atoms with Gasteiger partial charge in [0.05, 0.1) is 18.1 Å². The molecule has 2 rings (SSSR count). The minimum absolute atomic E-state index is 0.488. The molecule has 0 aromatic carbocycles. The maximum absolute atomic E-state index is 10.2. The summed E-state index contributed by atoms with van der Waals surface area (Å²) in [4.78, 5) is 0. The number of hydrogen-bond acceptors (Lipinski definition) is 2. The molecular formula is C11H16O2. The second kappa shape index (κ2) is 3.18. The lowest BCUT2D eigenvalue weighted by molar-refractivity contribution is -0.0340. The summed E-state index contributed by atoms with van der Waals surface area (Å²) in [5.74, 6) is 0.488. The van der Waals surface area contributed by atoms with Crippen LogP contribution in [-0.4, -0.2) is 10.7 Å². The van der Waals surface area contributed by atoms with Crippen LogP contribution in [0.15, 0.2) is 23.0 Å². The molecule has 1 N–H and O–H groups in total. The van der Waals surface area contributed by atoms with Gasteiger partial charge in [0.25, 0.3) is 0 Å². The molecule has 0 radical (unpaired) electrons. The maximum Gasteiger partial charge on any atom is 0.0935 e. The van der Waals surface area contributed by atoms with Crippen LogP contribution in [0.3, 0.4) is 0 Å². The summed E-state index contributed by atoms with van der Waals surface area (Å²) in [7, 11) is 0. The highest BCUT2D eigenvalue weighted by molar-refractivity contribution is 5.10. The minimum atomic E-state index is -0.540. The van der Waals surface area contributed by atoms with Gasteiger partial charge in [0.2, 0.25) is 0 Å². The van der Waals surface area contributed by atoms with Gasteiger partial charge in [0, 0.05) is 6.42 Å². The Labute approximate surface area is 78.6 Å². The molecule has 1 atom stereocenters. The zero-order chi connectivity index (χ0) is 9.31. The molecule has 1 heterocycles. The van der Waals surface area contributed by atoms with Gasteiger partial charge < -0.3 is 9.52 Å². The lowest BCUT2D eigenvalue weighted by Crippen LogP contribution is -2.40. The van der Waals surface area contributed by atoms with Crippen molar-refractivity contribution in [3.63, 3.8) is 0 Å². The van der Waals surface area contributed by atoms with Crippen molar-refractivity contribution in [2.24, 2.45) is 5.92 Å². The predicted octanol–water partition coefficient (Wildman–Crippen LogP) is 2.37. The summed E-state index contributed by atoms with van der Waals surface area (Å²) in [6.45, 7) is 1.93. The summed E-state index contributed by atoms with van der Waals surface area (Å²) in [6, 6.07) is 1.92. The summed E-state index contributed by atoms with van der Waals surface area (Å²) < 4.78 is 4.98. The molecular weight excluding hydrogens is 164 g/mol. The molecule has 1 aromatic rings. The van der Waals surface area contributed by atoms with E-state index in [0.29, 0.717) is 12.3 Å². The standard InChI is InChI=1S/C11H16O2/c1-11(12,10-3-2-4-10)7-9-5-6-13-8-9/h5-6,8,10,12H,2-4,7H2,1H3. The third-order valence-electron chi connectivity index (χ3n) is 3.13. The molecule has 2 heteroatoms. The topological polar surface area (TPSA) is 33.4 Å². The fraction of sp³-hybridized carbons (Fsp3) is 0.636. The molecule has 1 fully saturated rings. The van der Waals surface area contributed by atoms with E-state index in [1.54, 1.807) is 12.5 Å². The lowest BCUT2D eigenvalue weighted by atomic mass is 9.71. The number of rotatable bonds is 3. The van der Waals surface area contributed by atoms with Gasteiger partial charge in [-0.2, -0.15) is 0 Å². The fourth-order valence-corrected chi connectivity index (χ4v) is 1.98. The largest absolute Gasteiger partial charge is 0.472 e. The molecule has 2 nitrogen and oxygen atoms in total. The first kappa shape index (κ1) is 8.82. The summed E-state index contributed by atoms with van der Waals surface area (Å²) >= 11 is 0. The van der Waals surface area contributed by atoms with Crippen molar-refractivity contribution in [1.29, 1.82) is 0 Å². The smallest absolute Gasteiger partial charge is 0.0935 e. The Kier molecular flexibility index (Phi) is 2.16. The molecule has 1 aromatic heterocycles. The van der Waals surface area contributed by atoms with E-state index in [9.17, 15) is 5.11 Å². The third-order valence-corrected chi connectivity index (χ3v) is 3.13. The van der Waals surface area contributed by atoms with Crippen molar-refractivity contribution in [1.82, 2.24) is 0 Å². The van der Waals surface area contributed by atoms with E-state index < -0.39 is 5.60 Å². The monoisotopic (exact) mass is 180 g/mol. The van der Waals surface area contributed by atoms with E-state index in [1.165, 1.54) is 19.3 Å². The molecule has 1 aliphatic carbocycles. The van der Waals surface area contributed by atoms with E-state index in [2.05, 4.69) is 0 Å². The van der Waals surface area contributed by atoms with Gasteiger partial charge in [-0.05, 0) is 37.3 Å². The Bertz CT molecular complexity index is 258. The fourth-order valence-electron chi connectivity index (χ4n) is 1.98. The van der Waals surface area contributed by atoms with Gasteiger partial charge in [-0.1, -0.05) is 6.42 Å². The number of aliphatic hydroxyl groups is 1. The van der Waals surface area contributed by atoms with Crippen molar-refractivity contribution in [2.75, 3.05) is 0 Å². The van der Waals surface area contributed by atoms with E-state index >= 15 is 0 Å². The highest BCUT2D eigenvalue weighted by Gasteiger charge is 2.36. The van der Waals surface area contributed by atoms with Crippen LogP contribution in [-0.2, 0) is 6.42 Å². The van der Waals surface area contributed by atoms with Crippen LogP contribution in [0.5, 0.6) is 0 Å². The van der Waals surface area contributed by atoms with Crippen LogP contribution in [0.1, 0.15) is 31.7 Å². The van der Waals surface area contributed by atoms with E-state index in [4.69, 9.17) is 4.42 Å². The quantitative estimate of drug-likeness (QED) is 0.774. The van der Waals surface area contributed by atoms with Gasteiger partial charge in [0.15, 0.2) is 0 Å². The van der Waals surface area contributed by atoms with Gasteiger partial charge in [-0.15, -0.1) is 0 Å². The van der Waals surface area contributed by atoms with Gasteiger partial charge in [-0.3, -0.25) is 0 Å². The van der Waals surface area contributed by atoms with Crippen LogP contribution in [0, 0.1) is 5.92 Å². The molecule has 1 unspecified atom stereocenters. The molecule has 1 aliphatic rings. The van der Waals surface area contributed by atoms with E-state index in [0.717, 1.165) is 5.56 Å². The molecule has 1 saturated carbocycles. The van der Waals surface area contributed by atoms with Crippen LogP contribution in [0.4, 0.5) is 0 Å². The van der Waals surface area contributed by atoms with Gasteiger partial charge >= 0.3 is 0 Å². The minimum Gasteiger partial charge on any atom is -0.472 e. The Hall–Kier alpha value is -0.760. The Morgan fingerprint density at radius 2 is 2.38 bits per heavy atom. The lowest BCUT2D eigenvalue weighted by Gasteiger charge is -2.38. The van der Waals surface area contributed by atoms with Crippen molar-refractivity contribution in [3.05, 3.63) is 24.2 Å². The summed E-state index contributed by atoms with van der Waals surface area (Å²) in [5.41, 5.74) is 0.555. The first-order valence-corrected chi connectivity index (χ1v) is 4.92. The van der Waals surface area contributed by atoms with Crippen LogP contribution < -0.4 is 0 Å². The average molecular weight is 180 g/mol. The molecule has 13 heavy (non-hydrogen) atoms. The van der Waals surface area contributed by atoms with Crippen molar-refractivity contribution >= 4 is 0 Å². The molecule has 0 spiro atoms. The Morgan fingerprint density at radius 1 is 1.62 bits per heavy atom. The van der Waals surface area contributed by atoms with Gasteiger partial charge in [-0.25, -0.2) is 0 Å². The Morgan fingerprint density at radius 3 is 2.85 bits per heavy atom. The summed E-state index contributed by atoms with van der Waals surface area (Å²) in [5, 5.41) is 10.2. The molecule has 0 saturated heterocycles. The highest BCUT2D eigenvalue weighted by Crippen LogP contribution is 2.37. The first-order chi connectivity index (χ1) is 6.18. The SMILES string of the molecule is CC(O)(Cc1ccoc1)C1CCC1. The summed E-state index contributed by atoms with van der Waals surface area (Å²) in [6.07, 6.45) is 7.70. The van der Waals surface area contributed by atoms with Crippen molar-refractivity contribution in [2.45, 2.75) is 38.2 Å². The van der Waals surface area contributed by atoms with E-state index in [1.807, 2.05) is 13.0 Å². The normalized spacial score (nSPS) is 22.3. The van der Waals surface area contributed by atoms with E-state index in [-0.39, 0.29) is 0 Å². The van der Waals surface area contributed by atoms with Crippen LogP contribution >= 0.6 is 0 Å². The van der Waals surface area contributed by atoms with Crippen molar-refractivity contribution in [3.8, 4) is 0 Å². The van der Waals surface area contributed by atoms with Crippen LogP contribution in [0.2, 0.25) is 0 Å². The maximum atomic E-state index is 10.2. The zero-order valence-electron chi connectivity index (χ0n) is 7.99. The number of furan rings is 1. The molecule has 0 bridgehead atoms. The molecule has 0 amide bonds. The second-order valence-corrected chi connectivity index (χ2v) is 4.29. The number of hydrogen-bond donors (Lipinski definition) is 1. The molecule has 0 aliphatic heterocycles. The predicted molar refractivity (Wildman–Crippen MR) is 50.4 cm³/mol. The van der Waals surface area contributed by atoms with Gasteiger partial charge in [0.1, 0.15) is 0 Å². The van der Waals surface area contributed by atoms with Crippen molar-refractivity contribution < 1.29 is 9.52 Å². The highest BCUT2D eigenvalue weighted by atomic mass is 16.3. The first-order valence-electron chi connectivity index (χ1n) is 4.92. The average Bonchev–Trinajstić information content (AvgIpc) is 2.32. The second-order valence-electron chi connectivity index (χ2n) is 4.29. The van der Waals surface area contributed by atoms with Crippen LogP contribution in [0.25, 0.3) is 0 Å².